The number of esters is 1. The summed E-state index contributed by atoms with van der Waals surface area (Å²) in [6, 6.07) is 0. The van der Waals surface area contributed by atoms with Crippen molar-refractivity contribution in [2.75, 3.05) is 13.2 Å². The monoisotopic (exact) mass is 320 g/mol. The van der Waals surface area contributed by atoms with Gasteiger partial charge in [0.25, 0.3) is 0 Å². The van der Waals surface area contributed by atoms with Gasteiger partial charge in [-0.3, -0.25) is 0 Å². The van der Waals surface area contributed by atoms with Crippen molar-refractivity contribution in [2.45, 2.75) is 65.9 Å². The second-order valence-electron chi connectivity index (χ2n) is 6.62. The molecule has 0 N–H and O–H groups in total. The first-order valence-corrected chi connectivity index (χ1v) is 8.70. The SMILES string of the molecule is C=C(C(=O)OCC)[C@@H]1CC[C@@H](C/C=C(\C)CCC=C(C)C)CO1. The van der Waals surface area contributed by atoms with Crippen molar-refractivity contribution in [2.24, 2.45) is 5.92 Å². The Morgan fingerprint density at radius 1 is 1.26 bits per heavy atom. The third-order valence-electron chi connectivity index (χ3n) is 4.19. The van der Waals surface area contributed by atoms with Crippen LogP contribution in [0.15, 0.2) is 35.5 Å². The van der Waals surface area contributed by atoms with Gasteiger partial charge >= 0.3 is 5.97 Å². The van der Waals surface area contributed by atoms with E-state index < -0.39 is 0 Å². The van der Waals surface area contributed by atoms with Gasteiger partial charge in [-0.15, -0.1) is 0 Å². The van der Waals surface area contributed by atoms with Gasteiger partial charge in [-0.2, -0.15) is 0 Å². The summed E-state index contributed by atoms with van der Waals surface area (Å²) in [5.41, 5.74) is 3.28. The van der Waals surface area contributed by atoms with Crippen molar-refractivity contribution in [1.29, 1.82) is 0 Å². The molecular weight excluding hydrogens is 288 g/mol. The van der Waals surface area contributed by atoms with Gasteiger partial charge in [0, 0.05) is 0 Å². The topological polar surface area (TPSA) is 35.5 Å². The first kappa shape index (κ1) is 19.7. The van der Waals surface area contributed by atoms with E-state index in [1.54, 1.807) is 6.92 Å². The van der Waals surface area contributed by atoms with Gasteiger partial charge in [-0.1, -0.05) is 29.9 Å². The molecule has 0 unspecified atom stereocenters. The number of hydrogen-bond acceptors (Lipinski definition) is 3. The Morgan fingerprint density at radius 3 is 2.57 bits per heavy atom. The first-order chi connectivity index (χ1) is 10.9. The fourth-order valence-corrected chi connectivity index (χ4v) is 2.68. The molecule has 23 heavy (non-hydrogen) atoms. The highest BCUT2D eigenvalue weighted by atomic mass is 16.5. The summed E-state index contributed by atoms with van der Waals surface area (Å²) in [6.45, 7) is 13.2. The van der Waals surface area contributed by atoms with Crippen LogP contribution in [0.5, 0.6) is 0 Å². The summed E-state index contributed by atoms with van der Waals surface area (Å²) >= 11 is 0. The second kappa shape index (κ2) is 10.4. The molecule has 0 spiro atoms. The number of allylic oxidation sites excluding steroid dienone is 4. The van der Waals surface area contributed by atoms with Gasteiger partial charge in [-0.05, 0) is 65.7 Å². The zero-order valence-corrected chi connectivity index (χ0v) is 15.2. The standard InChI is InChI=1S/C20H32O3/c1-6-22-20(21)17(5)19-13-12-18(14-23-19)11-10-16(4)9-7-8-15(2)3/h8,10,18-19H,5-7,9,11-14H2,1-4H3/b16-10+/t18-,19+/m1/s1. The Kier molecular flexibility index (Phi) is 8.93. The molecule has 0 saturated carbocycles. The van der Waals surface area contributed by atoms with Crippen molar-refractivity contribution in [3.05, 3.63) is 35.5 Å². The number of ether oxygens (including phenoxy) is 2. The molecule has 1 fully saturated rings. The Labute approximate surface area is 141 Å². The van der Waals surface area contributed by atoms with Gasteiger partial charge in [0.05, 0.1) is 24.9 Å². The third kappa shape index (κ3) is 7.65. The summed E-state index contributed by atoms with van der Waals surface area (Å²) in [5, 5.41) is 0. The maximum absolute atomic E-state index is 11.7. The summed E-state index contributed by atoms with van der Waals surface area (Å²) < 4.78 is 10.8. The predicted octanol–water partition coefficient (Wildman–Crippen LogP) is 4.98. The predicted molar refractivity (Wildman–Crippen MR) is 95.3 cm³/mol. The van der Waals surface area contributed by atoms with Crippen LogP contribution in [-0.2, 0) is 14.3 Å². The van der Waals surface area contributed by atoms with Crippen LogP contribution in [-0.4, -0.2) is 25.3 Å². The number of carbonyl (C=O) groups is 1. The van der Waals surface area contributed by atoms with Crippen molar-refractivity contribution in [3.63, 3.8) is 0 Å². The van der Waals surface area contributed by atoms with E-state index >= 15 is 0 Å². The molecule has 1 aliphatic heterocycles. The molecule has 0 aromatic heterocycles. The second-order valence-corrected chi connectivity index (χ2v) is 6.62. The highest BCUT2D eigenvalue weighted by Gasteiger charge is 2.26. The molecule has 1 rings (SSSR count). The molecule has 1 saturated heterocycles. The molecule has 0 radical (unpaired) electrons. The number of hydrogen-bond donors (Lipinski definition) is 0. The van der Waals surface area contributed by atoms with Crippen LogP contribution >= 0.6 is 0 Å². The molecular formula is C20H32O3. The molecule has 0 aromatic rings. The highest BCUT2D eigenvalue weighted by molar-refractivity contribution is 5.88. The van der Waals surface area contributed by atoms with Crippen molar-refractivity contribution in [1.82, 2.24) is 0 Å². The minimum Gasteiger partial charge on any atom is -0.463 e. The molecule has 1 aliphatic rings. The minimum absolute atomic E-state index is 0.173. The van der Waals surface area contributed by atoms with Crippen LogP contribution in [0, 0.1) is 5.92 Å². The van der Waals surface area contributed by atoms with Crippen molar-refractivity contribution >= 4 is 5.97 Å². The van der Waals surface area contributed by atoms with E-state index in [2.05, 4.69) is 39.5 Å². The summed E-state index contributed by atoms with van der Waals surface area (Å²) in [7, 11) is 0. The Hall–Kier alpha value is -1.35. The maximum Gasteiger partial charge on any atom is 0.336 e. The molecule has 130 valence electrons. The van der Waals surface area contributed by atoms with Gasteiger partial charge in [0.2, 0.25) is 0 Å². The van der Waals surface area contributed by atoms with Crippen LogP contribution in [0.4, 0.5) is 0 Å². The molecule has 0 aromatic carbocycles. The van der Waals surface area contributed by atoms with Gasteiger partial charge in [-0.25, -0.2) is 4.79 Å². The Bertz CT molecular complexity index is 448. The molecule has 0 bridgehead atoms. The lowest BCUT2D eigenvalue weighted by Gasteiger charge is -2.29. The number of rotatable bonds is 8. The van der Waals surface area contributed by atoms with E-state index in [-0.39, 0.29) is 12.1 Å². The van der Waals surface area contributed by atoms with Crippen LogP contribution in [0.3, 0.4) is 0 Å². The summed E-state index contributed by atoms with van der Waals surface area (Å²) in [5.74, 6) is 0.214. The molecule has 3 nitrogen and oxygen atoms in total. The molecule has 1 heterocycles. The summed E-state index contributed by atoms with van der Waals surface area (Å²) in [6.07, 6.45) is 9.68. The van der Waals surface area contributed by atoms with Gasteiger partial charge in [0.15, 0.2) is 0 Å². The average molecular weight is 320 g/mol. The smallest absolute Gasteiger partial charge is 0.336 e. The normalized spacial score (nSPS) is 21.7. The summed E-state index contributed by atoms with van der Waals surface area (Å²) in [4.78, 5) is 11.7. The highest BCUT2D eigenvalue weighted by Crippen LogP contribution is 2.26. The fraction of sp³-hybridized carbons (Fsp3) is 0.650. The van der Waals surface area contributed by atoms with E-state index in [0.717, 1.165) is 32.1 Å². The van der Waals surface area contributed by atoms with Crippen LogP contribution < -0.4 is 0 Å². The molecule has 2 atom stereocenters. The lowest BCUT2D eigenvalue weighted by Crippen LogP contribution is -2.30. The van der Waals surface area contributed by atoms with E-state index in [4.69, 9.17) is 9.47 Å². The lowest BCUT2D eigenvalue weighted by molar-refractivity contribution is -0.140. The van der Waals surface area contributed by atoms with Crippen LogP contribution in [0.1, 0.15) is 59.8 Å². The van der Waals surface area contributed by atoms with E-state index in [0.29, 0.717) is 24.7 Å². The van der Waals surface area contributed by atoms with Crippen LogP contribution in [0.2, 0.25) is 0 Å². The van der Waals surface area contributed by atoms with E-state index in [9.17, 15) is 4.79 Å². The average Bonchev–Trinajstić information content (AvgIpc) is 2.52. The van der Waals surface area contributed by atoms with E-state index in [1.165, 1.54) is 11.1 Å². The largest absolute Gasteiger partial charge is 0.463 e. The molecule has 0 aliphatic carbocycles. The van der Waals surface area contributed by atoms with Crippen molar-refractivity contribution in [3.8, 4) is 0 Å². The van der Waals surface area contributed by atoms with Crippen molar-refractivity contribution < 1.29 is 14.3 Å². The lowest BCUT2D eigenvalue weighted by atomic mass is 9.92. The van der Waals surface area contributed by atoms with Gasteiger partial charge in [0.1, 0.15) is 0 Å². The zero-order chi connectivity index (χ0) is 17.2. The first-order valence-electron chi connectivity index (χ1n) is 8.70. The zero-order valence-electron chi connectivity index (χ0n) is 15.2. The van der Waals surface area contributed by atoms with E-state index in [1.807, 2.05) is 0 Å². The Balaban J connectivity index is 2.32. The van der Waals surface area contributed by atoms with Crippen LogP contribution in [0.25, 0.3) is 0 Å². The van der Waals surface area contributed by atoms with Gasteiger partial charge < -0.3 is 9.47 Å². The minimum atomic E-state index is -0.328. The number of carbonyl (C=O) groups excluding carboxylic acids is 1. The molecule has 0 amide bonds. The molecule has 3 heteroatoms. The fourth-order valence-electron chi connectivity index (χ4n) is 2.68. The quantitative estimate of drug-likeness (QED) is 0.359. The Morgan fingerprint density at radius 2 is 2.00 bits per heavy atom. The third-order valence-corrected chi connectivity index (χ3v) is 4.19. The maximum atomic E-state index is 11.7.